The molecule has 19 heavy (non-hydrogen) atoms. The Labute approximate surface area is 116 Å². The lowest BCUT2D eigenvalue weighted by Crippen LogP contribution is -2.38. The monoisotopic (exact) mass is 259 g/mol. The lowest BCUT2D eigenvalue weighted by molar-refractivity contribution is -0.121. The van der Waals surface area contributed by atoms with Gasteiger partial charge in [0.2, 0.25) is 5.91 Å². The number of hydrogen-bond donors (Lipinski definition) is 1. The average molecular weight is 259 g/mol. The second-order valence-electron chi connectivity index (χ2n) is 5.73. The molecular formula is C17H25NO. The standard InChI is InChI=1S/C17H25NO/c1-2-3-11-16(19)18-14-17(12-7-8-13-17)15-9-5-4-6-10-15/h4-6,9-10H,2-3,7-8,11-14H2,1H3,(H,18,19). The van der Waals surface area contributed by atoms with Crippen LogP contribution in [0.2, 0.25) is 0 Å². The summed E-state index contributed by atoms with van der Waals surface area (Å²) in [6, 6.07) is 10.7. The molecular weight excluding hydrogens is 234 g/mol. The van der Waals surface area contributed by atoms with Crippen molar-refractivity contribution in [3.05, 3.63) is 35.9 Å². The highest BCUT2D eigenvalue weighted by Gasteiger charge is 2.35. The van der Waals surface area contributed by atoms with E-state index >= 15 is 0 Å². The Morgan fingerprint density at radius 2 is 1.89 bits per heavy atom. The van der Waals surface area contributed by atoms with Crippen molar-refractivity contribution >= 4 is 5.91 Å². The number of nitrogens with one attached hydrogen (secondary N) is 1. The van der Waals surface area contributed by atoms with E-state index in [1.54, 1.807) is 0 Å². The molecule has 1 aromatic rings. The molecule has 0 heterocycles. The Kier molecular flexibility index (Phi) is 5.00. The van der Waals surface area contributed by atoms with E-state index in [2.05, 4.69) is 42.6 Å². The van der Waals surface area contributed by atoms with Gasteiger partial charge >= 0.3 is 0 Å². The van der Waals surface area contributed by atoms with Crippen molar-refractivity contribution in [1.82, 2.24) is 5.32 Å². The van der Waals surface area contributed by atoms with Crippen LogP contribution in [-0.4, -0.2) is 12.5 Å². The number of amides is 1. The lowest BCUT2D eigenvalue weighted by atomic mass is 9.79. The Morgan fingerprint density at radius 1 is 1.21 bits per heavy atom. The van der Waals surface area contributed by atoms with Crippen molar-refractivity contribution in [2.45, 2.75) is 57.3 Å². The number of unbranched alkanes of at least 4 members (excludes halogenated alkanes) is 1. The predicted octanol–water partition coefficient (Wildman–Crippen LogP) is 3.80. The van der Waals surface area contributed by atoms with Crippen LogP contribution in [0.4, 0.5) is 0 Å². The number of rotatable bonds is 6. The molecule has 0 aromatic heterocycles. The Balaban J connectivity index is 1.99. The smallest absolute Gasteiger partial charge is 0.220 e. The summed E-state index contributed by atoms with van der Waals surface area (Å²) in [4.78, 5) is 11.8. The van der Waals surface area contributed by atoms with Crippen molar-refractivity contribution in [2.75, 3.05) is 6.54 Å². The zero-order valence-corrected chi connectivity index (χ0v) is 12.0. The van der Waals surface area contributed by atoms with E-state index in [-0.39, 0.29) is 11.3 Å². The van der Waals surface area contributed by atoms with Crippen molar-refractivity contribution in [2.24, 2.45) is 0 Å². The molecule has 0 spiro atoms. The van der Waals surface area contributed by atoms with E-state index in [9.17, 15) is 4.79 Å². The topological polar surface area (TPSA) is 29.1 Å². The van der Waals surface area contributed by atoms with Gasteiger partial charge in [-0.05, 0) is 24.8 Å². The number of benzene rings is 1. The fraction of sp³-hybridized carbons (Fsp3) is 0.588. The first-order valence-corrected chi connectivity index (χ1v) is 7.59. The Morgan fingerprint density at radius 3 is 2.53 bits per heavy atom. The summed E-state index contributed by atoms with van der Waals surface area (Å²) in [5, 5.41) is 3.16. The maximum atomic E-state index is 11.8. The van der Waals surface area contributed by atoms with Gasteiger partial charge in [0.15, 0.2) is 0 Å². The SMILES string of the molecule is CCCCC(=O)NCC1(c2ccccc2)CCCC1. The molecule has 2 rings (SSSR count). The van der Waals surface area contributed by atoms with E-state index in [1.165, 1.54) is 31.2 Å². The third kappa shape index (κ3) is 3.59. The third-order valence-electron chi connectivity index (χ3n) is 4.33. The highest BCUT2D eigenvalue weighted by Crippen LogP contribution is 2.40. The molecule has 2 heteroatoms. The van der Waals surface area contributed by atoms with Crippen LogP contribution in [0.3, 0.4) is 0 Å². The molecule has 2 nitrogen and oxygen atoms in total. The molecule has 1 saturated carbocycles. The van der Waals surface area contributed by atoms with Gasteiger partial charge in [-0.1, -0.05) is 56.5 Å². The molecule has 0 aliphatic heterocycles. The van der Waals surface area contributed by atoms with E-state index in [1.807, 2.05) is 0 Å². The molecule has 0 saturated heterocycles. The summed E-state index contributed by atoms with van der Waals surface area (Å²) in [6.45, 7) is 2.93. The zero-order chi connectivity index (χ0) is 13.6. The predicted molar refractivity (Wildman–Crippen MR) is 79.1 cm³/mol. The fourth-order valence-corrected chi connectivity index (χ4v) is 3.10. The summed E-state index contributed by atoms with van der Waals surface area (Å²) >= 11 is 0. The van der Waals surface area contributed by atoms with Crippen LogP contribution in [0.5, 0.6) is 0 Å². The molecule has 1 fully saturated rings. The second kappa shape index (κ2) is 6.74. The molecule has 1 aliphatic rings. The van der Waals surface area contributed by atoms with Crippen molar-refractivity contribution in [3.63, 3.8) is 0 Å². The van der Waals surface area contributed by atoms with Gasteiger partial charge in [-0.25, -0.2) is 0 Å². The lowest BCUT2D eigenvalue weighted by Gasteiger charge is -2.30. The van der Waals surface area contributed by atoms with Crippen LogP contribution >= 0.6 is 0 Å². The van der Waals surface area contributed by atoms with E-state index in [0.717, 1.165) is 19.4 Å². The van der Waals surface area contributed by atoms with Gasteiger partial charge < -0.3 is 5.32 Å². The van der Waals surface area contributed by atoms with Gasteiger partial charge in [0, 0.05) is 18.4 Å². The quantitative estimate of drug-likeness (QED) is 0.827. The van der Waals surface area contributed by atoms with Crippen LogP contribution in [-0.2, 0) is 10.2 Å². The largest absolute Gasteiger partial charge is 0.355 e. The second-order valence-corrected chi connectivity index (χ2v) is 5.73. The van der Waals surface area contributed by atoms with E-state index < -0.39 is 0 Å². The van der Waals surface area contributed by atoms with Gasteiger partial charge in [0.05, 0.1) is 0 Å². The van der Waals surface area contributed by atoms with Gasteiger partial charge in [0.25, 0.3) is 0 Å². The first-order valence-electron chi connectivity index (χ1n) is 7.59. The number of carbonyl (C=O) groups excluding carboxylic acids is 1. The molecule has 1 aromatic carbocycles. The highest BCUT2D eigenvalue weighted by atomic mass is 16.1. The van der Waals surface area contributed by atoms with Crippen LogP contribution in [0.1, 0.15) is 57.4 Å². The van der Waals surface area contributed by atoms with Crippen LogP contribution in [0.15, 0.2) is 30.3 Å². The van der Waals surface area contributed by atoms with Crippen LogP contribution in [0, 0.1) is 0 Å². The third-order valence-corrected chi connectivity index (χ3v) is 4.33. The zero-order valence-electron chi connectivity index (χ0n) is 12.0. The van der Waals surface area contributed by atoms with Crippen molar-refractivity contribution in [1.29, 1.82) is 0 Å². The molecule has 0 bridgehead atoms. The van der Waals surface area contributed by atoms with Gasteiger partial charge in [0.1, 0.15) is 0 Å². The first-order chi connectivity index (χ1) is 9.27. The minimum absolute atomic E-state index is 0.184. The minimum atomic E-state index is 0.184. The Hall–Kier alpha value is -1.31. The molecule has 104 valence electrons. The molecule has 1 aliphatic carbocycles. The molecule has 0 unspecified atom stereocenters. The van der Waals surface area contributed by atoms with E-state index in [4.69, 9.17) is 0 Å². The summed E-state index contributed by atoms with van der Waals surface area (Å²) in [5.41, 5.74) is 1.58. The Bertz CT molecular complexity index is 393. The highest BCUT2D eigenvalue weighted by molar-refractivity contribution is 5.76. The van der Waals surface area contributed by atoms with E-state index in [0.29, 0.717) is 6.42 Å². The molecule has 1 amide bonds. The summed E-state index contributed by atoms with van der Waals surface area (Å²) < 4.78 is 0. The van der Waals surface area contributed by atoms with Gasteiger partial charge in [-0.15, -0.1) is 0 Å². The minimum Gasteiger partial charge on any atom is -0.355 e. The molecule has 0 radical (unpaired) electrons. The van der Waals surface area contributed by atoms with Crippen molar-refractivity contribution in [3.8, 4) is 0 Å². The summed E-state index contributed by atoms with van der Waals surface area (Å²) in [7, 11) is 0. The molecule has 1 N–H and O–H groups in total. The van der Waals surface area contributed by atoms with Crippen molar-refractivity contribution < 1.29 is 4.79 Å². The average Bonchev–Trinajstić information content (AvgIpc) is 2.94. The fourth-order valence-electron chi connectivity index (χ4n) is 3.10. The summed E-state index contributed by atoms with van der Waals surface area (Å²) in [6.07, 6.45) is 7.69. The van der Waals surface area contributed by atoms with Crippen LogP contribution in [0.25, 0.3) is 0 Å². The van der Waals surface area contributed by atoms with Gasteiger partial charge in [-0.3, -0.25) is 4.79 Å². The maximum Gasteiger partial charge on any atom is 0.220 e. The summed E-state index contributed by atoms with van der Waals surface area (Å²) in [5.74, 6) is 0.212. The van der Waals surface area contributed by atoms with Gasteiger partial charge in [-0.2, -0.15) is 0 Å². The first kappa shape index (κ1) is 14.1. The molecule has 0 atom stereocenters. The maximum absolute atomic E-state index is 11.8. The number of hydrogen-bond acceptors (Lipinski definition) is 1. The van der Waals surface area contributed by atoms with Crippen LogP contribution < -0.4 is 5.32 Å². The number of carbonyl (C=O) groups is 1. The normalized spacial score (nSPS) is 17.3.